The number of benzene rings is 4. The predicted molar refractivity (Wildman–Crippen MR) is 156 cm³/mol. The number of halogens is 4. The molecular formula is C30H18F4N2O7S2. The topological polar surface area (TPSA) is 154 Å². The number of rotatable bonds is 7. The molecule has 0 aliphatic rings. The quantitative estimate of drug-likeness (QED) is 0.152. The maximum atomic E-state index is 13.3. The molecule has 5 aromatic rings. The number of carbonyl (C=O) groups is 2. The van der Waals surface area contributed by atoms with Crippen molar-refractivity contribution in [3.8, 4) is 28.7 Å². The second-order valence-electron chi connectivity index (χ2n) is 8.98. The summed E-state index contributed by atoms with van der Waals surface area (Å²) in [5.74, 6) is -3.67. The number of aliphatic carboxylic acids is 1. The zero-order valence-electron chi connectivity index (χ0n) is 22.4. The van der Waals surface area contributed by atoms with Gasteiger partial charge in [0, 0.05) is 16.8 Å². The van der Waals surface area contributed by atoms with Gasteiger partial charge in [-0.2, -0.15) is 18.4 Å². The molecule has 4 aromatic carbocycles. The number of hydrogen-bond donors (Lipinski definition) is 3. The normalized spacial score (nSPS) is 11.2. The van der Waals surface area contributed by atoms with Gasteiger partial charge >= 0.3 is 18.1 Å². The summed E-state index contributed by atoms with van der Waals surface area (Å²) in [5.41, 5.74) is 1.43. The number of thiophene rings is 1. The van der Waals surface area contributed by atoms with Crippen LogP contribution in [0.3, 0.4) is 0 Å². The first-order valence-corrected chi connectivity index (χ1v) is 14.7. The van der Waals surface area contributed by atoms with Gasteiger partial charge in [0.1, 0.15) is 22.2 Å². The van der Waals surface area contributed by atoms with E-state index >= 15 is 0 Å². The van der Waals surface area contributed by atoms with Crippen LogP contribution in [0.4, 0.5) is 23.2 Å². The second kappa shape index (κ2) is 13.0. The fraction of sp³-hybridized carbons (Fsp3) is 0.0333. The smallest absolute Gasteiger partial charge is 0.477 e. The maximum absolute atomic E-state index is 13.3. The fourth-order valence-electron chi connectivity index (χ4n) is 3.89. The van der Waals surface area contributed by atoms with E-state index in [4.69, 9.17) is 19.9 Å². The van der Waals surface area contributed by atoms with Crippen molar-refractivity contribution >= 4 is 49.8 Å². The number of aromatic carboxylic acids is 1. The van der Waals surface area contributed by atoms with Crippen LogP contribution in [0.2, 0.25) is 0 Å². The largest absolute Gasteiger partial charge is 0.490 e. The molecule has 230 valence electrons. The Labute approximate surface area is 256 Å². The molecule has 0 spiro atoms. The van der Waals surface area contributed by atoms with Crippen LogP contribution in [0.5, 0.6) is 11.5 Å². The highest BCUT2D eigenvalue weighted by Crippen LogP contribution is 2.40. The number of carboxylic acids is 2. The number of sulfonamides is 1. The molecule has 0 aliphatic heterocycles. The van der Waals surface area contributed by atoms with Crippen LogP contribution >= 0.6 is 11.3 Å². The highest BCUT2D eigenvalue weighted by Gasteiger charge is 2.38. The van der Waals surface area contributed by atoms with Gasteiger partial charge in [-0.05, 0) is 88.9 Å². The Morgan fingerprint density at radius 1 is 0.867 bits per heavy atom. The molecule has 1 aromatic heterocycles. The van der Waals surface area contributed by atoms with Crippen molar-refractivity contribution in [1.82, 2.24) is 0 Å². The number of nitrogens with zero attached hydrogens (tertiary/aromatic N) is 1. The fourth-order valence-corrected chi connectivity index (χ4v) is 5.69. The number of fused-ring (bicyclic) bond motifs is 1. The first-order valence-electron chi connectivity index (χ1n) is 12.3. The van der Waals surface area contributed by atoms with Crippen molar-refractivity contribution in [3.05, 3.63) is 107 Å². The minimum Gasteiger partial charge on any atom is -0.477 e. The van der Waals surface area contributed by atoms with E-state index in [0.717, 1.165) is 46.4 Å². The van der Waals surface area contributed by atoms with E-state index in [9.17, 15) is 35.9 Å². The van der Waals surface area contributed by atoms with E-state index in [0.29, 0.717) is 28.2 Å². The molecule has 0 aliphatic carbocycles. The second-order valence-corrected chi connectivity index (χ2v) is 11.6. The van der Waals surface area contributed by atoms with E-state index in [-0.39, 0.29) is 15.5 Å². The number of ether oxygens (including phenoxy) is 1. The summed E-state index contributed by atoms with van der Waals surface area (Å²) in [7, 11) is -4.04. The first-order chi connectivity index (χ1) is 21.2. The SMILES string of the molecule is N#Cc1ccc2cc(Oc3ccc(NS(=O)(=O)c4ccc(F)cc4)cc3-c3ccsc3C(=O)O)ccc2c1.O=C(O)C(F)(F)F. The molecule has 45 heavy (non-hydrogen) atoms. The zero-order chi connectivity index (χ0) is 32.9. The van der Waals surface area contributed by atoms with Crippen molar-refractivity contribution in [2.75, 3.05) is 4.72 Å². The summed E-state index contributed by atoms with van der Waals surface area (Å²) in [5, 5.41) is 29.3. The molecule has 0 saturated heterocycles. The summed E-state index contributed by atoms with van der Waals surface area (Å²) in [6.45, 7) is 0. The average molecular weight is 659 g/mol. The van der Waals surface area contributed by atoms with Gasteiger partial charge in [-0.1, -0.05) is 12.1 Å². The molecule has 0 atom stereocenters. The molecule has 3 N–H and O–H groups in total. The maximum Gasteiger partial charge on any atom is 0.490 e. The van der Waals surface area contributed by atoms with Crippen molar-refractivity contribution < 1.29 is 50.5 Å². The zero-order valence-corrected chi connectivity index (χ0v) is 24.0. The number of anilines is 1. The Kier molecular flexibility index (Phi) is 9.40. The molecular weight excluding hydrogens is 640 g/mol. The van der Waals surface area contributed by atoms with Crippen LogP contribution in [-0.2, 0) is 14.8 Å². The van der Waals surface area contributed by atoms with Crippen molar-refractivity contribution in [1.29, 1.82) is 5.26 Å². The molecule has 0 bridgehead atoms. The molecule has 15 heteroatoms. The van der Waals surface area contributed by atoms with Crippen LogP contribution in [0.1, 0.15) is 15.2 Å². The van der Waals surface area contributed by atoms with Crippen molar-refractivity contribution in [2.24, 2.45) is 0 Å². The van der Waals surface area contributed by atoms with Crippen LogP contribution in [0.15, 0.2) is 95.2 Å². The first kappa shape index (κ1) is 32.5. The van der Waals surface area contributed by atoms with Gasteiger partial charge in [-0.3, -0.25) is 4.72 Å². The molecule has 0 fully saturated rings. The third-order valence-electron chi connectivity index (χ3n) is 5.92. The van der Waals surface area contributed by atoms with Gasteiger partial charge in [0.05, 0.1) is 16.5 Å². The van der Waals surface area contributed by atoms with E-state index in [1.807, 2.05) is 6.07 Å². The summed E-state index contributed by atoms with van der Waals surface area (Å²) in [6, 6.07) is 23.2. The van der Waals surface area contributed by atoms with Gasteiger partial charge in [-0.25, -0.2) is 22.4 Å². The lowest BCUT2D eigenvalue weighted by molar-refractivity contribution is -0.192. The molecule has 0 saturated carbocycles. The third kappa shape index (κ3) is 7.93. The van der Waals surface area contributed by atoms with E-state index in [1.54, 1.807) is 47.8 Å². The van der Waals surface area contributed by atoms with Gasteiger partial charge in [-0.15, -0.1) is 11.3 Å². The molecule has 1 heterocycles. The number of carboxylic acid groups (broad SMARTS) is 2. The van der Waals surface area contributed by atoms with Crippen molar-refractivity contribution in [2.45, 2.75) is 11.1 Å². The molecule has 9 nitrogen and oxygen atoms in total. The van der Waals surface area contributed by atoms with Gasteiger partial charge in [0.2, 0.25) is 0 Å². The lowest BCUT2D eigenvalue weighted by Gasteiger charge is -2.15. The number of nitriles is 1. The van der Waals surface area contributed by atoms with Crippen molar-refractivity contribution in [3.63, 3.8) is 0 Å². The molecule has 0 radical (unpaired) electrons. The van der Waals surface area contributed by atoms with Crippen LogP contribution in [-0.4, -0.2) is 36.7 Å². The highest BCUT2D eigenvalue weighted by atomic mass is 32.2. The minimum atomic E-state index is -5.08. The molecule has 0 amide bonds. The van der Waals surface area contributed by atoms with Gasteiger partial charge < -0.3 is 14.9 Å². The molecule has 5 rings (SSSR count). The van der Waals surface area contributed by atoms with Crippen LogP contribution < -0.4 is 9.46 Å². The Bertz CT molecular complexity index is 2050. The monoisotopic (exact) mass is 658 g/mol. The third-order valence-corrected chi connectivity index (χ3v) is 8.22. The Morgan fingerprint density at radius 3 is 2.13 bits per heavy atom. The summed E-state index contributed by atoms with van der Waals surface area (Å²) in [4.78, 5) is 20.7. The highest BCUT2D eigenvalue weighted by molar-refractivity contribution is 7.92. The minimum absolute atomic E-state index is 0.0657. The van der Waals surface area contributed by atoms with Gasteiger partial charge in [0.25, 0.3) is 10.0 Å². The Morgan fingerprint density at radius 2 is 1.51 bits per heavy atom. The molecule has 0 unspecified atom stereocenters. The van der Waals surface area contributed by atoms with E-state index < -0.39 is 34.0 Å². The van der Waals surface area contributed by atoms with E-state index in [1.165, 1.54) is 12.1 Å². The number of alkyl halides is 3. The predicted octanol–water partition coefficient (Wildman–Crippen LogP) is 7.50. The summed E-state index contributed by atoms with van der Waals surface area (Å²) < 4.78 is 79.3. The van der Waals surface area contributed by atoms with E-state index in [2.05, 4.69) is 10.8 Å². The lowest BCUT2D eigenvalue weighted by Crippen LogP contribution is -2.21. The Hall–Kier alpha value is -5.46. The summed E-state index contributed by atoms with van der Waals surface area (Å²) in [6.07, 6.45) is -5.08. The standard InChI is InChI=1S/C28H17FN2O5S2.C2HF3O2/c29-20-4-8-23(9-5-20)38(34,35)31-21-6-10-26(25(15-21)24-11-12-37-27(24)28(32)33)36-22-7-3-18-13-17(16-30)1-2-19(18)14-22;3-2(4,5)1(6)7/h1-15,31H,(H,32,33);(H,6,7). The lowest BCUT2D eigenvalue weighted by atomic mass is 10.0. The number of nitrogens with one attached hydrogen (secondary N) is 1. The van der Waals surface area contributed by atoms with Crippen LogP contribution in [0.25, 0.3) is 21.9 Å². The summed E-state index contributed by atoms with van der Waals surface area (Å²) >= 11 is 1.03. The number of hydrogen-bond acceptors (Lipinski definition) is 7. The Balaban J connectivity index is 0.000000591. The average Bonchev–Trinajstić information content (AvgIpc) is 3.48. The van der Waals surface area contributed by atoms with Crippen LogP contribution in [0, 0.1) is 17.1 Å². The van der Waals surface area contributed by atoms with Gasteiger partial charge in [0.15, 0.2) is 0 Å².